The average molecular weight is 299 g/mol. The number of aliphatic hydroxyl groups excluding tert-OH is 1. The van der Waals surface area contributed by atoms with Gasteiger partial charge < -0.3 is 15.4 Å². The summed E-state index contributed by atoms with van der Waals surface area (Å²) in [5, 5.41) is 18.9. The lowest BCUT2D eigenvalue weighted by Gasteiger charge is -2.30. The summed E-state index contributed by atoms with van der Waals surface area (Å²) in [7, 11) is 0. The first-order valence-electron chi connectivity index (χ1n) is 7.78. The zero-order chi connectivity index (χ0) is 15.7. The summed E-state index contributed by atoms with van der Waals surface area (Å²) in [6.07, 6.45) is 5.74. The van der Waals surface area contributed by atoms with E-state index < -0.39 is 6.10 Å². The lowest BCUT2D eigenvalue weighted by atomic mass is 9.84. The molecule has 1 aliphatic rings. The van der Waals surface area contributed by atoms with Crippen molar-refractivity contribution in [2.24, 2.45) is 5.92 Å². The predicted octanol–water partition coefficient (Wildman–Crippen LogP) is 2.71. The molecule has 2 aromatic heterocycles. The van der Waals surface area contributed by atoms with E-state index in [4.69, 9.17) is 11.0 Å². The average Bonchev–Trinajstić information content (AvgIpc) is 2.87. The minimum Gasteiger partial charge on any atom is -0.385 e. The molecule has 0 aliphatic heterocycles. The van der Waals surface area contributed by atoms with Crippen molar-refractivity contribution in [2.75, 3.05) is 5.73 Å². The van der Waals surface area contributed by atoms with Crippen molar-refractivity contribution in [1.82, 2.24) is 14.5 Å². The van der Waals surface area contributed by atoms with Gasteiger partial charge in [-0.1, -0.05) is 0 Å². The first-order chi connectivity index (χ1) is 10.6. The van der Waals surface area contributed by atoms with Gasteiger partial charge in [0.15, 0.2) is 0 Å². The Labute approximate surface area is 129 Å². The number of rotatable bonds is 3. The van der Waals surface area contributed by atoms with E-state index >= 15 is 0 Å². The Morgan fingerprint density at radius 1 is 1.45 bits per heavy atom. The Bertz CT molecular complexity index is 707. The molecule has 2 heterocycles. The first kappa shape index (κ1) is 14.8. The van der Waals surface area contributed by atoms with Gasteiger partial charge in [-0.3, -0.25) is 0 Å². The Hall–Kier alpha value is -2.13. The summed E-state index contributed by atoms with van der Waals surface area (Å²) in [5.41, 5.74) is 7.52. The standard InChI is InChI=1S/C16H21N5O/c1-10(22)16-20-13-9-19-15(18)8-14(13)21(16)12-4-2-11(3-5-12)6-7-17/h8-12,22H,2-6H2,1H3,(H2,18,19). The van der Waals surface area contributed by atoms with Gasteiger partial charge in [-0.05, 0) is 38.5 Å². The summed E-state index contributed by atoms with van der Waals surface area (Å²) < 4.78 is 2.13. The van der Waals surface area contributed by atoms with E-state index in [0.29, 0.717) is 30.0 Å². The van der Waals surface area contributed by atoms with Crippen LogP contribution in [0.1, 0.15) is 57.0 Å². The van der Waals surface area contributed by atoms with Crippen LogP contribution in [0.4, 0.5) is 5.82 Å². The first-order valence-corrected chi connectivity index (χ1v) is 7.78. The van der Waals surface area contributed by atoms with Gasteiger partial charge >= 0.3 is 0 Å². The number of pyridine rings is 1. The molecule has 0 amide bonds. The van der Waals surface area contributed by atoms with Crippen LogP contribution in [0.3, 0.4) is 0 Å². The van der Waals surface area contributed by atoms with Crippen molar-refractivity contribution in [3.05, 3.63) is 18.1 Å². The van der Waals surface area contributed by atoms with Crippen molar-refractivity contribution in [3.63, 3.8) is 0 Å². The highest BCUT2D eigenvalue weighted by molar-refractivity contribution is 5.77. The fraction of sp³-hybridized carbons (Fsp3) is 0.562. The van der Waals surface area contributed by atoms with E-state index in [1.54, 1.807) is 13.1 Å². The number of anilines is 1. The van der Waals surface area contributed by atoms with E-state index in [0.717, 1.165) is 36.7 Å². The molecule has 3 rings (SSSR count). The van der Waals surface area contributed by atoms with Crippen molar-refractivity contribution in [3.8, 4) is 6.07 Å². The Balaban J connectivity index is 1.97. The Morgan fingerprint density at radius 3 is 2.82 bits per heavy atom. The number of nitriles is 1. The van der Waals surface area contributed by atoms with E-state index in [9.17, 15) is 5.11 Å². The van der Waals surface area contributed by atoms with E-state index in [1.807, 2.05) is 6.07 Å². The summed E-state index contributed by atoms with van der Waals surface area (Å²) in [5.74, 6) is 1.63. The van der Waals surface area contributed by atoms with Crippen LogP contribution in [0.2, 0.25) is 0 Å². The van der Waals surface area contributed by atoms with Gasteiger partial charge in [0.2, 0.25) is 0 Å². The summed E-state index contributed by atoms with van der Waals surface area (Å²) >= 11 is 0. The molecule has 6 heteroatoms. The maximum Gasteiger partial charge on any atom is 0.138 e. The molecule has 0 saturated heterocycles. The smallest absolute Gasteiger partial charge is 0.138 e. The van der Waals surface area contributed by atoms with Crippen LogP contribution < -0.4 is 5.73 Å². The third kappa shape index (κ3) is 2.64. The second-order valence-corrected chi connectivity index (χ2v) is 6.15. The molecule has 2 aromatic rings. The van der Waals surface area contributed by atoms with Gasteiger partial charge in [0.1, 0.15) is 23.3 Å². The monoisotopic (exact) mass is 299 g/mol. The normalized spacial score (nSPS) is 23.3. The van der Waals surface area contributed by atoms with Gasteiger partial charge in [0, 0.05) is 18.5 Å². The number of nitrogen functional groups attached to an aromatic ring is 1. The molecular formula is C16H21N5O. The minimum absolute atomic E-state index is 0.298. The quantitative estimate of drug-likeness (QED) is 0.907. The lowest BCUT2D eigenvalue weighted by Crippen LogP contribution is -2.20. The second kappa shape index (κ2) is 5.93. The Kier molecular flexibility index (Phi) is 3.99. The van der Waals surface area contributed by atoms with Gasteiger partial charge in [0.05, 0.1) is 17.8 Å². The third-order valence-electron chi connectivity index (χ3n) is 4.56. The highest BCUT2D eigenvalue weighted by Crippen LogP contribution is 2.37. The van der Waals surface area contributed by atoms with E-state index in [2.05, 4.69) is 20.6 Å². The fourth-order valence-electron chi connectivity index (χ4n) is 3.45. The van der Waals surface area contributed by atoms with Crippen LogP contribution in [-0.4, -0.2) is 19.6 Å². The van der Waals surface area contributed by atoms with Crippen molar-refractivity contribution in [1.29, 1.82) is 5.26 Å². The number of hydrogen-bond donors (Lipinski definition) is 2. The SMILES string of the molecule is CC(O)c1nc2cnc(N)cc2n1C1CCC(CC#N)CC1. The number of aliphatic hydroxyl groups is 1. The summed E-state index contributed by atoms with van der Waals surface area (Å²) in [4.78, 5) is 8.61. The summed E-state index contributed by atoms with van der Waals surface area (Å²) in [6, 6.07) is 4.40. The zero-order valence-corrected chi connectivity index (χ0v) is 12.7. The number of aromatic nitrogens is 3. The highest BCUT2D eigenvalue weighted by Gasteiger charge is 2.27. The lowest BCUT2D eigenvalue weighted by molar-refractivity contribution is 0.175. The van der Waals surface area contributed by atoms with Gasteiger partial charge in [-0.25, -0.2) is 9.97 Å². The van der Waals surface area contributed by atoms with Crippen molar-refractivity contribution >= 4 is 16.9 Å². The van der Waals surface area contributed by atoms with Crippen LogP contribution in [0.5, 0.6) is 0 Å². The molecular weight excluding hydrogens is 278 g/mol. The summed E-state index contributed by atoms with van der Waals surface area (Å²) in [6.45, 7) is 1.73. The van der Waals surface area contributed by atoms with Crippen LogP contribution in [0, 0.1) is 17.2 Å². The fourth-order valence-corrected chi connectivity index (χ4v) is 3.45. The van der Waals surface area contributed by atoms with Crippen LogP contribution >= 0.6 is 0 Å². The molecule has 1 atom stereocenters. The number of hydrogen-bond acceptors (Lipinski definition) is 5. The van der Waals surface area contributed by atoms with Crippen molar-refractivity contribution < 1.29 is 5.11 Å². The number of imidazole rings is 1. The molecule has 116 valence electrons. The van der Waals surface area contributed by atoms with E-state index in [1.165, 1.54) is 0 Å². The largest absolute Gasteiger partial charge is 0.385 e. The molecule has 22 heavy (non-hydrogen) atoms. The molecule has 1 saturated carbocycles. The molecule has 1 unspecified atom stereocenters. The van der Waals surface area contributed by atoms with Crippen LogP contribution in [0.25, 0.3) is 11.0 Å². The minimum atomic E-state index is -0.634. The molecule has 0 spiro atoms. The second-order valence-electron chi connectivity index (χ2n) is 6.15. The molecule has 0 radical (unpaired) electrons. The maximum absolute atomic E-state index is 10.1. The number of nitrogens with two attached hydrogens (primary N) is 1. The molecule has 6 nitrogen and oxygen atoms in total. The van der Waals surface area contributed by atoms with Gasteiger partial charge in [0.25, 0.3) is 0 Å². The van der Waals surface area contributed by atoms with Crippen LogP contribution in [-0.2, 0) is 0 Å². The highest BCUT2D eigenvalue weighted by atomic mass is 16.3. The molecule has 0 bridgehead atoms. The topological polar surface area (TPSA) is 101 Å². The maximum atomic E-state index is 10.1. The predicted molar refractivity (Wildman–Crippen MR) is 83.8 cm³/mol. The number of fused-ring (bicyclic) bond motifs is 1. The molecule has 3 N–H and O–H groups in total. The third-order valence-corrected chi connectivity index (χ3v) is 4.56. The molecule has 0 aromatic carbocycles. The Morgan fingerprint density at radius 2 is 2.18 bits per heavy atom. The zero-order valence-electron chi connectivity index (χ0n) is 12.7. The van der Waals surface area contributed by atoms with E-state index in [-0.39, 0.29) is 0 Å². The molecule has 1 aliphatic carbocycles. The van der Waals surface area contributed by atoms with Crippen molar-refractivity contribution in [2.45, 2.75) is 51.2 Å². The number of nitrogens with zero attached hydrogens (tertiary/aromatic N) is 4. The van der Waals surface area contributed by atoms with Gasteiger partial charge in [-0.15, -0.1) is 0 Å². The van der Waals surface area contributed by atoms with Crippen LogP contribution in [0.15, 0.2) is 12.3 Å². The molecule has 1 fully saturated rings. The van der Waals surface area contributed by atoms with Gasteiger partial charge in [-0.2, -0.15) is 5.26 Å².